The Morgan fingerprint density at radius 3 is 2.32 bits per heavy atom. The molecule has 28 heavy (non-hydrogen) atoms. The molecule has 1 aromatic heterocycles. The molecular weight excluding hydrogens is 350 g/mol. The van der Waals surface area contributed by atoms with Crippen molar-refractivity contribution in [2.45, 2.75) is 39.0 Å². The van der Waals surface area contributed by atoms with E-state index in [2.05, 4.69) is 43.0 Å². The largest absolute Gasteiger partial charge is 0.491 e. The zero-order valence-corrected chi connectivity index (χ0v) is 16.6. The molecular formula is C24H29NO3. The van der Waals surface area contributed by atoms with Gasteiger partial charge in [-0.3, -0.25) is 4.90 Å². The fourth-order valence-corrected chi connectivity index (χ4v) is 3.14. The summed E-state index contributed by atoms with van der Waals surface area (Å²) in [6, 6.07) is 22.2. The summed E-state index contributed by atoms with van der Waals surface area (Å²) in [6.07, 6.45) is 1.08. The Bertz CT molecular complexity index is 798. The molecule has 4 nitrogen and oxygen atoms in total. The Kier molecular flexibility index (Phi) is 7.29. The first-order chi connectivity index (χ1) is 13.6. The standard InChI is InChI=1S/C24H29NO3/c1-19(2)21-10-12-23(13-11-21)28-18-22(26)16-25(17-24-9-6-14-27-24)15-20-7-4-3-5-8-20/h3-14,19,22,26H,15-18H2,1-2H3. The molecule has 0 bridgehead atoms. The van der Waals surface area contributed by atoms with Crippen molar-refractivity contribution in [3.63, 3.8) is 0 Å². The highest BCUT2D eigenvalue weighted by molar-refractivity contribution is 5.28. The number of aliphatic hydroxyl groups is 1. The topological polar surface area (TPSA) is 45.8 Å². The van der Waals surface area contributed by atoms with Gasteiger partial charge in [0.15, 0.2) is 0 Å². The van der Waals surface area contributed by atoms with Gasteiger partial charge in [0.1, 0.15) is 24.2 Å². The van der Waals surface area contributed by atoms with Crippen LogP contribution in [0.5, 0.6) is 5.75 Å². The Morgan fingerprint density at radius 1 is 0.929 bits per heavy atom. The predicted molar refractivity (Wildman–Crippen MR) is 111 cm³/mol. The van der Waals surface area contributed by atoms with Crippen molar-refractivity contribution in [3.8, 4) is 5.75 Å². The first-order valence-electron chi connectivity index (χ1n) is 9.79. The molecule has 4 heteroatoms. The normalized spacial score (nSPS) is 12.5. The summed E-state index contributed by atoms with van der Waals surface area (Å²) in [7, 11) is 0. The van der Waals surface area contributed by atoms with Gasteiger partial charge in [-0.05, 0) is 41.3 Å². The van der Waals surface area contributed by atoms with E-state index >= 15 is 0 Å². The average molecular weight is 380 g/mol. The van der Waals surface area contributed by atoms with Crippen LogP contribution < -0.4 is 4.74 Å². The van der Waals surface area contributed by atoms with Gasteiger partial charge >= 0.3 is 0 Å². The number of furan rings is 1. The van der Waals surface area contributed by atoms with Gasteiger partial charge < -0.3 is 14.3 Å². The monoisotopic (exact) mass is 379 g/mol. The molecule has 0 aliphatic carbocycles. The molecule has 0 amide bonds. The third-order valence-electron chi connectivity index (χ3n) is 4.67. The van der Waals surface area contributed by atoms with Crippen molar-refractivity contribution in [2.24, 2.45) is 0 Å². The van der Waals surface area contributed by atoms with Crippen LogP contribution >= 0.6 is 0 Å². The third-order valence-corrected chi connectivity index (χ3v) is 4.67. The summed E-state index contributed by atoms with van der Waals surface area (Å²) in [5, 5.41) is 10.5. The van der Waals surface area contributed by atoms with Crippen LogP contribution in [0, 0.1) is 0 Å². The lowest BCUT2D eigenvalue weighted by molar-refractivity contribution is 0.0604. The SMILES string of the molecule is CC(C)c1ccc(OCC(O)CN(Cc2ccccc2)Cc2ccco2)cc1. The summed E-state index contributed by atoms with van der Waals surface area (Å²) in [4.78, 5) is 2.17. The fraction of sp³-hybridized carbons (Fsp3) is 0.333. The van der Waals surface area contributed by atoms with Crippen molar-refractivity contribution >= 4 is 0 Å². The third kappa shape index (κ3) is 6.25. The van der Waals surface area contributed by atoms with Gasteiger partial charge in [0.05, 0.1) is 12.8 Å². The Hall–Kier alpha value is -2.56. The van der Waals surface area contributed by atoms with E-state index in [0.29, 0.717) is 19.0 Å². The highest BCUT2D eigenvalue weighted by Crippen LogP contribution is 2.19. The van der Waals surface area contributed by atoms with E-state index < -0.39 is 6.10 Å². The first-order valence-corrected chi connectivity index (χ1v) is 9.79. The van der Waals surface area contributed by atoms with Gasteiger partial charge in [-0.1, -0.05) is 56.3 Å². The van der Waals surface area contributed by atoms with Crippen LogP contribution in [0.2, 0.25) is 0 Å². The van der Waals surface area contributed by atoms with Gasteiger partial charge in [-0.25, -0.2) is 0 Å². The maximum atomic E-state index is 10.5. The molecule has 1 N–H and O–H groups in total. The van der Waals surface area contributed by atoms with E-state index in [0.717, 1.165) is 18.1 Å². The van der Waals surface area contributed by atoms with Crippen molar-refractivity contribution in [3.05, 3.63) is 89.9 Å². The van der Waals surface area contributed by atoms with Crippen molar-refractivity contribution in [1.29, 1.82) is 0 Å². The predicted octanol–water partition coefficient (Wildman–Crippen LogP) is 4.85. The zero-order valence-electron chi connectivity index (χ0n) is 16.6. The fourth-order valence-electron chi connectivity index (χ4n) is 3.14. The van der Waals surface area contributed by atoms with Gasteiger partial charge in [0, 0.05) is 13.1 Å². The number of nitrogens with zero attached hydrogens (tertiary/aromatic N) is 1. The molecule has 3 aromatic rings. The maximum absolute atomic E-state index is 10.5. The smallest absolute Gasteiger partial charge is 0.119 e. The number of benzene rings is 2. The minimum Gasteiger partial charge on any atom is -0.491 e. The van der Waals surface area contributed by atoms with Crippen LogP contribution in [0.3, 0.4) is 0 Å². The highest BCUT2D eigenvalue weighted by atomic mass is 16.5. The second kappa shape index (κ2) is 10.1. The van der Waals surface area contributed by atoms with Crippen LogP contribution in [0.25, 0.3) is 0 Å². The molecule has 3 rings (SSSR count). The molecule has 0 aliphatic heterocycles. The van der Waals surface area contributed by atoms with E-state index in [1.54, 1.807) is 6.26 Å². The number of aliphatic hydroxyl groups excluding tert-OH is 1. The van der Waals surface area contributed by atoms with Crippen molar-refractivity contribution in [1.82, 2.24) is 4.90 Å². The van der Waals surface area contributed by atoms with E-state index in [1.807, 2.05) is 42.5 Å². The van der Waals surface area contributed by atoms with Crippen molar-refractivity contribution in [2.75, 3.05) is 13.2 Å². The lowest BCUT2D eigenvalue weighted by Crippen LogP contribution is -2.35. The van der Waals surface area contributed by atoms with Crippen LogP contribution in [-0.4, -0.2) is 29.3 Å². The maximum Gasteiger partial charge on any atom is 0.119 e. The number of hydrogen-bond donors (Lipinski definition) is 1. The summed E-state index contributed by atoms with van der Waals surface area (Å²) >= 11 is 0. The van der Waals surface area contributed by atoms with Crippen LogP contribution in [0.4, 0.5) is 0 Å². The van der Waals surface area contributed by atoms with Gasteiger partial charge in [0.25, 0.3) is 0 Å². The average Bonchev–Trinajstić information content (AvgIpc) is 3.20. The lowest BCUT2D eigenvalue weighted by atomic mass is 10.0. The number of rotatable bonds is 10. The lowest BCUT2D eigenvalue weighted by Gasteiger charge is -2.24. The molecule has 0 radical (unpaired) electrons. The number of hydrogen-bond acceptors (Lipinski definition) is 4. The Balaban J connectivity index is 1.56. The van der Waals surface area contributed by atoms with Crippen LogP contribution in [0.1, 0.15) is 36.7 Å². The molecule has 0 aliphatic rings. The van der Waals surface area contributed by atoms with Crippen LogP contribution in [-0.2, 0) is 13.1 Å². The highest BCUT2D eigenvalue weighted by Gasteiger charge is 2.15. The second-order valence-electron chi connectivity index (χ2n) is 7.42. The van der Waals surface area contributed by atoms with Crippen molar-refractivity contribution < 1.29 is 14.3 Å². The summed E-state index contributed by atoms with van der Waals surface area (Å²) in [5.74, 6) is 2.16. The molecule has 1 unspecified atom stereocenters. The van der Waals surface area contributed by atoms with Gasteiger partial charge in [-0.2, -0.15) is 0 Å². The minimum absolute atomic E-state index is 0.254. The molecule has 0 fully saturated rings. The Labute approximate surface area is 167 Å². The van der Waals surface area contributed by atoms with E-state index in [9.17, 15) is 5.11 Å². The molecule has 0 saturated heterocycles. The summed E-state index contributed by atoms with van der Waals surface area (Å²) in [5.41, 5.74) is 2.48. The zero-order chi connectivity index (χ0) is 19.8. The van der Waals surface area contributed by atoms with Crippen LogP contribution in [0.15, 0.2) is 77.4 Å². The van der Waals surface area contributed by atoms with Gasteiger partial charge in [-0.15, -0.1) is 0 Å². The van der Waals surface area contributed by atoms with E-state index in [4.69, 9.17) is 9.15 Å². The quantitative estimate of drug-likeness (QED) is 0.547. The number of ether oxygens (including phenoxy) is 1. The van der Waals surface area contributed by atoms with E-state index in [-0.39, 0.29) is 6.61 Å². The summed E-state index contributed by atoms with van der Waals surface area (Å²) in [6.45, 7) is 6.47. The first kappa shape index (κ1) is 20.2. The second-order valence-corrected chi connectivity index (χ2v) is 7.42. The molecule has 0 spiro atoms. The summed E-state index contributed by atoms with van der Waals surface area (Å²) < 4.78 is 11.3. The Morgan fingerprint density at radius 2 is 1.68 bits per heavy atom. The van der Waals surface area contributed by atoms with E-state index in [1.165, 1.54) is 11.1 Å². The van der Waals surface area contributed by atoms with Gasteiger partial charge in [0.2, 0.25) is 0 Å². The minimum atomic E-state index is -0.594. The molecule has 1 heterocycles. The molecule has 148 valence electrons. The molecule has 2 aromatic carbocycles. The molecule has 1 atom stereocenters. The molecule has 0 saturated carbocycles.